The first kappa shape index (κ1) is 7.31. The van der Waals surface area contributed by atoms with Crippen LogP contribution < -0.4 is 0 Å². The van der Waals surface area contributed by atoms with Gasteiger partial charge >= 0.3 is 0 Å². The van der Waals surface area contributed by atoms with Crippen molar-refractivity contribution in [3.63, 3.8) is 0 Å². The van der Waals surface area contributed by atoms with E-state index >= 15 is 0 Å². The number of aromatic nitrogens is 1. The standard InChI is InChI=1S/C9H9NO2/c1-6(11)7-2-3-8-5-10-12-9(8)4-7/h2-6,11H,1H3. The minimum absolute atomic E-state index is 0.459. The van der Waals surface area contributed by atoms with Gasteiger partial charge in [-0.2, -0.15) is 0 Å². The Morgan fingerprint density at radius 1 is 1.50 bits per heavy atom. The van der Waals surface area contributed by atoms with Crippen molar-refractivity contribution in [1.29, 1.82) is 0 Å². The van der Waals surface area contributed by atoms with Crippen LogP contribution >= 0.6 is 0 Å². The Kier molecular flexibility index (Phi) is 1.59. The minimum Gasteiger partial charge on any atom is -0.389 e. The van der Waals surface area contributed by atoms with Gasteiger partial charge in [0, 0.05) is 5.39 Å². The molecule has 0 amide bonds. The molecule has 2 aromatic rings. The lowest BCUT2D eigenvalue weighted by Gasteiger charge is -2.01. The molecule has 2 rings (SSSR count). The maximum Gasteiger partial charge on any atom is 0.167 e. The molecular formula is C9H9NO2. The summed E-state index contributed by atoms with van der Waals surface area (Å²) in [5, 5.41) is 13.9. The van der Waals surface area contributed by atoms with Crippen LogP contribution in [-0.2, 0) is 0 Å². The molecule has 1 aromatic heterocycles. The van der Waals surface area contributed by atoms with E-state index in [1.54, 1.807) is 19.2 Å². The summed E-state index contributed by atoms with van der Waals surface area (Å²) in [5.41, 5.74) is 1.56. The quantitative estimate of drug-likeness (QED) is 0.698. The van der Waals surface area contributed by atoms with E-state index in [-0.39, 0.29) is 0 Å². The van der Waals surface area contributed by atoms with E-state index in [9.17, 15) is 5.11 Å². The van der Waals surface area contributed by atoms with Crippen molar-refractivity contribution in [2.45, 2.75) is 13.0 Å². The third kappa shape index (κ3) is 1.08. The summed E-state index contributed by atoms with van der Waals surface area (Å²) in [4.78, 5) is 0. The molecule has 0 spiro atoms. The van der Waals surface area contributed by atoms with Crippen LogP contribution in [-0.4, -0.2) is 10.3 Å². The average molecular weight is 163 g/mol. The highest BCUT2D eigenvalue weighted by Gasteiger charge is 2.03. The summed E-state index contributed by atoms with van der Waals surface area (Å²) < 4.78 is 4.95. The summed E-state index contributed by atoms with van der Waals surface area (Å²) in [6.45, 7) is 1.72. The molecule has 62 valence electrons. The van der Waals surface area contributed by atoms with Gasteiger partial charge in [0.2, 0.25) is 0 Å². The number of aliphatic hydroxyl groups excluding tert-OH is 1. The van der Waals surface area contributed by atoms with Crippen molar-refractivity contribution in [1.82, 2.24) is 5.16 Å². The zero-order valence-electron chi connectivity index (χ0n) is 6.69. The van der Waals surface area contributed by atoms with E-state index in [1.807, 2.05) is 12.1 Å². The van der Waals surface area contributed by atoms with Crippen LogP contribution in [0.1, 0.15) is 18.6 Å². The molecule has 0 radical (unpaired) electrons. The second-order valence-electron chi connectivity index (χ2n) is 2.80. The molecule has 0 saturated carbocycles. The van der Waals surface area contributed by atoms with E-state index in [1.165, 1.54) is 0 Å². The number of hydrogen-bond donors (Lipinski definition) is 1. The third-order valence-corrected chi connectivity index (χ3v) is 1.86. The fourth-order valence-corrected chi connectivity index (χ4v) is 1.14. The second-order valence-corrected chi connectivity index (χ2v) is 2.80. The molecule has 0 aliphatic heterocycles. The monoisotopic (exact) mass is 163 g/mol. The number of benzene rings is 1. The Balaban J connectivity index is 2.60. The lowest BCUT2D eigenvalue weighted by atomic mass is 10.1. The van der Waals surface area contributed by atoms with Gasteiger partial charge in [-0.05, 0) is 24.6 Å². The molecule has 1 unspecified atom stereocenters. The van der Waals surface area contributed by atoms with E-state index in [4.69, 9.17) is 4.52 Å². The average Bonchev–Trinajstić information content (AvgIpc) is 2.49. The predicted molar refractivity (Wildman–Crippen MR) is 44.6 cm³/mol. The van der Waals surface area contributed by atoms with Crippen molar-refractivity contribution >= 4 is 11.0 Å². The van der Waals surface area contributed by atoms with Gasteiger partial charge in [0.15, 0.2) is 5.58 Å². The van der Waals surface area contributed by atoms with Gasteiger partial charge in [0.05, 0.1) is 12.3 Å². The Morgan fingerprint density at radius 2 is 2.33 bits per heavy atom. The van der Waals surface area contributed by atoms with Crippen molar-refractivity contribution in [2.75, 3.05) is 0 Å². The molecule has 0 saturated heterocycles. The maximum atomic E-state index is 9.26. The summed E-state index contributed by atoms with van der Waals surface area (Å²) in [6, 6.07) is 5.55. The topological polar surface area (TPSA) is 46.3 Å². The minimum atomic E-state index is -0.459. The summed E-state index contributed by atoms with van der Waals surface area (Å²) in [7, 11) is 0. The first-order valence-electron chi connectivity index (χ1n) is 3.80. The number of hydrogen-bond acceptors (Lipinski definition) is 3. The molecule has 1 aromatic carbocycles. The SMILES string of the molecule is CC(O)c1ccc2cnoc2c1. The van der Waals surface area contributed by atoms with Gasteiger partial charge in [-0.3, -0.25) is 0 Å². The van der Waals surface area contributed by atoms with E-state index < -0.39 is 6.10 Å². The Hall–Kier alpha value is -1.35. The molecular weight excluding hydrogens is 154 g/mol. The van der Waals surface area contributed by atoms with E-state index in [0.29, 0.717) is 5.58 Å². The van der Waals surface area contributed by atoms with Crippen molar-refractivity contribution < 1.29 is 9.63 Å². The fourth-order valence-electron chi connectivity index (χ4n) is 1.14. The van der Waals surface area contributed by atoms with Gasteiger partial charge in [0.1, 0.15) is 0 Å². The summed E-state index contributed by atoms with van der Waals surface area (Å²) in [6.07, 6.45) is 1.20. The lowest BCUT2D eigenvalue weighted by Crippen LogP contribution is -1.88. The molecule has 0 aliphatic rings. The lowest BCUT2D eigenvalue weighted by molar-refractivity contribution is 0.199. The first-order valence-corrected chi connectivity index (χ1v) is 3.80. The zero-order chi connectivity index (χ0) is 8.55. The Morgan fingerprint density at radius 3 is 3.08 bits per heavy atom. The molecule has 0 aliphatic carbocycles. The molecule has 3 heteroatoms. The van der Waals surface area contributed by atoms with Gasteiger partial charge in [0.25, 0.3) is 0 Å². The van der Waals surface area contributed by atoms with Crippen LogP contribution in [0.2, 0.25) is 0 Å². The number of aliphatic hydroxyl groups is 1. The van der Waals surface area contributed by atoms with Crippen molar-refractivity contribution in [3.8, 4) is 0 Å². The molecule has 1 atom stereocenters. The Labute approximate surface area is 69.6 Å². The van der Waals surface area contributed by atoms with Crippen LogP contribution in [0.25, 0.3) is 11.0 Å². The van der Waals surface area contributed by atoms with Crippen molar-refractivity contribution in [2.24, 2.45) is 0 Å². The Bertz CT molecular complexity index is 392. The highest BCUT2D eigenvalue weighted by atomic mass is 16.5. The highest BCUT2D eigenvalue weighted by Crippen LogP contribution is 2.19. The van der Waals surface area contributed by atoms with Crippen LogP contribution in [0.4, 0.5) is 0 Å². The predicted octanol–water partition coefficient (Wildman–Crippen LogP) is 1.88. The largest absolute Gasteiger partial charge is 0.389 e. The molecule has 1 N–H and O–H groups in total. The molecule has 1 heterocycles. The number of fused-ring (bicyclic) bond motifs is 1. The molecule has 0 bridgehead atoms. The summed E-state index contributed by atoms with van der Waals surface area (Å²) >= 11 is 0. The van der Waals surface area contributed by atoms with Gasteiger partial charge in [-0.1, -0.05) is 11.2 Å². The van der Waals surface area contributed by atoms with Crippen LogP contribution in [0.3, 0.4) is 0 Å². The van der Waals surface area contributed by atoms with Gasteiger partial charge in [-0.15, -0.1) is 0 Å². The number of nitrogens with zero attached hydrogens (tertiary/aromatic N) is 1. The van der Waals surface area contributed by atoms with Crippen LogP contribution in [0.5, 0.6) is 0 Å². The van der Waals surface area contributed by atoms with E-state index in [2.05, 4.69) is 5.16 Å². The number of rotatable bonds is 1. The van der Waals surface area contributed by atoms with E-state index in [0.717, 1.165) is 10.9 Å². The van der Waals surface area contributed by atoms with Crippen LogP contribution in [0, 0.1) is 0 Å². The van der Waals surface area contributed by atoms with Crippen LogP contribution in [0.15, 0.2) is 28.9 Å². The van der Waals surface area contributed by atoms with Crippen molar-refractivity contribution in [3.05, 3.63) is 30.0 Å². The highest BCUT2D eigenvalue weighted by molar-refractivity contribution is 5.76. The molecule has 3 nitrogen and oxygen atoms in total. The molecule has 0 fully saturated rings. The molecule has 12 heavy (non-hydrogen) atoms. The smallest absolute Gasteiger partial charge is 0.167 e. The van der Waals surface area contributed by atoms with Gasteiger partial charge in [-0.25, -0.2) is 0 Å². The fraction of sp³-hybridized carbons (Fsp3) is 0.222. The normalized spacial score (nSPS) is 13.5. The first-order chi connectivity index (χ1) is 5.77. The second kappa shape index (κ2) is 2.60. The maximum absolute atomic E-state index is 9.26. The summed E-state index contributed by atoms with van der Waals surface area (Å²) in [5.74, 6) is 0. The van der Waals surface area contributed by atoms with Gasteiger partial charge < -0.3 is 9.63 Å². The third-order valence-electron chi connectivity index (χ3n) is 1.86. The zero-order valence-corrected chi connectivity index (χ0v) is 6.69.